The van der Waals surface area contributed by atoms with E-state index >= 15 is 0 Å². The molecule has 0 radical (unpaired) electrons. The number of nitrogens with one attached hydrogen (secondary N) is 2. The van der Waals surface area contributed by atoms with Gasteiger partial charge in [-0.3, -0.25) is 4.79 Å². The summed E-state index contributed by atoms with van der Waals surface area (Å²) < 4.78 is 5.08. The van der Waals surface area contributed by atoms with E-state index in [0.29, 0.717) is 19.5 Å². The molecule has 0 unspecified atom stereocenters. The average molecular weight is 259 g/mol. The summed E-state index contributed by atoms with van der Waals surface area (Å²) in [6, 6.07) is 0. The van der Waals surface area contributed by atoms with Gasteiger partial charge in [-0.2, -0.15) is 0 Å². The van der Waals surface area contributed by atoms with E-state index in [9.17, 15) is 9.59 Å². The number of alkyl carbamates (subject to hydrolysis) is 1. The van der Waals surface area contributed by atoms with Crippen LogP contribution in [0, 0.1) is 0 Å². The van der Waals surface area contributed by atoms with Crippen LogP contribution in [0.2, 0.25) is 0 Å². The molecule has 6 nitrogen and oxygen atoms in total. The van der Waals surface area contributed by atoms with Crippen molar-refractivity contribution in [2.75, 3.05) is 13.1 Å². The van der Waals surface area contributed by atoms with Crippen molar-refractivity contribution < 1.29 is 14.3 Å². The Kier molecular flexibility index (Phi) is 6.11. The van der Waals surface area contributed by atoms with E-state index in [1.165, 1.54) is 0 Å². The molecule has 0 aliphatic rings. The minimum absolute atomic E-state index is 0.400. The van der Waals surface area contributed by atoms with Crippen LogP contribution in [-0.4, -0.2) is 36.2 Å². The second kappa shape index (κ2) is 6.58. The number of carbonyl (C=O) groups excluding carboxylic acids is 2. The Morgan fingerprint density at radius 2 is 1.67 bits per heavy atom. The van der Waals surface area contributed by atoms with Gasteiger partial charge in [0.1, 0.15) is 5.60 Å². The van der Waals surface area contributed by atoms with Crippen LogP contribution in [0.3, 0.4) is 0 Å². The maximum atomic E-state index is 11.3. The number of hydrogen-bond acceptors (Lipinski definition) is 4. The lowest BCUT2D eigenvalue weighted by atomic mass is 10.1. The molecule has 0 aromatic rings. The van der Waals surface area contributed by atoms with Crippen molar-refractivity contribution in [2.24, 2.45) is 5.73 Å². The molecule has 0 heterocycles. The molecule has 0 aromatic heterocycles. The number of carbonyl (C=O) groups is 2. The third kappa shape index (κ3) is 7.89. The summed E-state index contributed by atoms with van der Waals surface area (Å²) in [5, 5.41) is 5.65. The quantitative estimate of drug-likeness (QED) is 0.614. The molecule has 0 bridgehead atoms. The number of primary amides is 1. The van der Waals surface area contributed by atoms with Crippen LogP contribution in [-0.2, 0) is 9.53 Å². The van der Waals surface area contributed by atoms with Crippen molar-refractivity contribution in [3.63, 3.8) is 0 Å². The highest BCUT2D eigenvalue weighted by atomic mass is 16.6. The van der Waals surface area contributed by atoms with Crippen LogP contribution in [0.15, 0.2) is 0 Å². The molecule has 0 saturated carbocycles. The molecule has 0 atom stereocenters. The predicted octanol–water partition coefficient (Wildman–Crippen LogP) is 0.755. The smallest absolute Gasteiger partial charge is 0.407 e. The first-order valence-corrected chi connectivity index (χ1v) is 6.06. The van der Waals surface area contributed by atoms with Gasteiger partial charge in [0.25, 0.3) is 0 Å². The molecule has 0 aromatic carbocycles. The Bertz CT molecular complexity index is 295. The lowest BCUT2D eigenvalue weighted by molar-refractivity contribution is -0.123. The second-order valence-electron chi connectivity index (χ2n) is 5.70. The molecular weight excluding hydrogens is 234 g/mol. The minimum atomic E-state index is -0.730. The number of hydrogen-bond donors (Lipinski definition) is 3. The van der Waals surface area contributed by atoms with Crippen molar-refractivity contribution in [3.05, 3.63) is 0 Å². The van der Waals surface area contributed by atoms with Crippen molar-refractivity contribution >= 4 is 12.0 Å². The first-order valence-electron chi connectivity index (χ1n) is 6.06. The van der Waals surface area contributed by atoms with Gasteiger partial charge in [-0.25, -0.2) is 4.79 Å². The van der Waals surface area contributed by atoms with E-state index in [-0.39, 0.29) is 0 Å². The van der Waals surface area contributed by atoms with Crippen molar-refractivity contribution in [2.45, 2.75) is 52.2 Å². The summed E-state index contributed by atoms with van der Waals surface area (Å²) in [4.78, 5) is 22.3. The summed E-state index contributed by atoms with van der Waals surface area (Å²) in [6.45, 7) is 9.94. The highest BCUT2D eigenvalue weighted by molar-refractivity contribution is 5.83. The van der Waals surface area contributed by atoms with E-state index in [4.69, 9.17) is 10.5 Å². The molecule has 0 aliphatic carbocycles. The fraction of sp³-hybridized carbons (Fsp3) is 0.833. The molecule has 0 rings (SSSR count). The van der Waals surface area contributed by atoms with Gasteiger partial charge in [-0.05, 0) is 47.6 Å². The first kappa shape index (κ1) is 16.7. The van der Waals surface area contributed by atoms with Crippen LogP contribution < -0.4 is 16.4 Å². The summed E-state index contributed by atoms with van der Waals surface area (Å²) in [6.07, 6.45) is 0.257. The topological polar surface area (TPSA) is 93.4 Å². The average Bonchev–Trinajstić information content (AvgIpc) is 2.13. The van der Waals surface area contributed by atoms with Gasteiger partial charge in [0, 0.05) is 6.54 Å². The van der Waals surface area contributed by atoms with Gasteiger partial charge in [-0.15, -0.1) is 0 Å². The maximum absolute atomic E-state index is 11.3. The molecular formula is C12H25N3O3. The molecule has 2 amide bonds. The van der Waals surface area contributed by atoms with Crippen LogP contribution in [0.4, 0.5) is 4.79 Å². The maximum Gasteiger partial charge on any atom is 0.407 e. The number of rotatable bonds is 6. The van der Waals surface area contributed by atoms with Crippen molar-refractivity contribution in [3.8, 4) is 0 Å². The summed E-state index contributed by atoms with van der Waals surface area (Å²) in [7, 11) is 0. The zero-order chi connectivity index (χ0) is 14.4. The first-order chi connectivity index (χ1) is 8.04. The summed E-state index contributed by atoms with van der Waals surface area (Å²) in [5.41, 5.74) is 3.99. The van der Waals surface area contributed by atoms with Crippen LogP contribution >= 0.6 is 0 Å². The van der Waals surface area contributed by atoms with Crippen LogP contribution in [0.5, 0.6) is 0 Å². The molecule has 4 N–H and O–H groups in total. The lowest BCUT2D eigenvalue weighted by Crippen LogP contribution is -2.51. The second-order valence-corrected chi connectivity index (χ2v) is 5.70. The zero-order valence-corrected chi connectivity index (χ0v) is 11.9. The highest BCUT2D eigenvalue weighted by Crippen LogP contribution is 2.06. The van der Waals surface area contributed by atoms with E-state index in [1.807, 2.05) is 20.8 Å². The van der Waals surface area contributed by atoms with Gasteiger partial charge < -0.3 is 21.1 Å². The summed E-state index contributed by atoms with van der Waals surface area (Å²) >= 11 is 0. The molecule has 18 heavy (non-hydrogen) atoms. The van der Waals surface area contributed by atoms with Gasteiger partial charge >= 0.3 is 6.09 Å². The standard InChI is InChI=1S/C12H25N3O3/c1-11(2,3)18-10(17)14-7-6-8-15-12(4,5)9(13)16/h15H,6-8H2,1-5H3,(H2,13,16)(H,14,17). The van der Waals surface area contributed by atoms with Gasteiger partial charge in [0.2, 0.25) is 5.91 Å². The molecule has 6 heteroatoms. The Morgan fingerprint density at radius 1 is 1.11 bits per heavy atom. The zero-order valence-electron chi connectivity index (χ0n) is 11.9. The Hall–Kier alpha value is -1.30. The third-order valence-electron chi connectivity index (χ3n) is 2.20. The summed E-state index contributed by atoms with van der Waals surface area (Å²) in [5.74, 6) is -0.400. The monoisotopic (exact) mass is 259 g/mol. The highest BCUT2D eigenvalue weighted by Gasteiger charge is 2.23. The van der Waals surface area contributed by atoms with E-state index < -0.39 is 23.1 Å². The van der Waals surface area contributed by atoms with E-state index in [2.05, 4.69) is 10.6 Å². The number of ether oxygens (including phenoxy) is 1. The van der Waals surface area contributed by atoms with Crippen molar-refractivity contribution in [1.29, 1.82) is 0 Å². The van der Waals surface area contributed by atoms with E-state index in [1.54, 1.807) is 13.8 Å². The molecule has 0 saturated heterocycles. The van der Waals surface area contributed by atoms with E-state index in [0.717, 1.165) is 0 Å². The number of amides is 2. The third-order valence-corrected chi connectivity index (χ3v) is 2.20. The van der Waals surface area contributed by atoms with Crippen molar-refractivity contribution in [1.82, 2.24) is 10.6 Å². The molecule has 106 valence electrons. The molecule has 0 spiro atoms. The lowest BCUT2D eigenvalue weighted by Gasteiger charge is -2.22. The van der Waals surface area contributed by atoms with Crippen LogP contribution in [0.25, 0.3) is 0 Å². The Labute approximate surface area is 109 Å². The normalized spacial score (nSPS) is 12.1. The van der Waals surface area contributed by atoms with Gasteiger partial charge in [-0.1, -0.05) is 0 Å². The van der Waals surface area contributed by atoms with Gasteiger partial charge in [0.05, 0.1) is 5.54 Å². The Balaban J connectivity index is 3.70. The van der Waals surface area contributed by atoms with Gasteiger partial charge in [0.15, 0.2) is 0 Å². The van der Waals surface area contributed by atoms with Crippen LogP contribution in [0.1, 0.15) is 41.0 Å². The largest absolute Gasteiger partial charge is 0.444 e. The molecule has 0 fully saturated rings. The fourth-order valence-electron chi connectivity index (χ4n) is 1.08. The molecule has 0 aliphatic heterocycles. The number of nitrogens with two attached hydrogens (primary N) is 1. The fourth-order valence-corrected chi connectivity index (χ4v) is 1.08. The predicted molar refractivity (Wildman–Crippen MR) is 70.1 cm³/mol. The SMILES string of the molecule is CC(C)(C)OC(=O)NCCCNC(C)(C)C(N)=O. The minimum Gasteiger partial charge on any atom is -0.444 e. The Morgan fingerprint density at radius 3 is 2.11 bits per heavy atom.